The molecule has 0 radical (unpaired) electrons. The van der Waals surface area contributed by atoms with Gasteiger partial charge in [0.1, 0.15) is 17.1 Å². The largest absolute Gasteiger partial charge is 0.504 e. The number of fused-ring (bicyclic) bond motifs is 1. The number of hydrogen-bond donors (Lipinski definition) is 1. The molecule has 0 aromatic heterocycles. The lowest BCUT2D eigenvalue weighted by atomic mass is 10.0. The Balaban J connectivity index is 2.31. The van der Waals surface area contributed by atoms with Gasteiger partial charge in [0.25, 0.3) is 0 Å². The molecule has 0 spiro atoms. The molecule has 2 aromatic rings. The highest BCUT2D eigenvalue weighted by molar-refractivity contribution is 5.83. The summed E-state index contributed by atoms with van der Waals surface area (Å²) in [5.74, 6) is 2.18. The van der Waals surface area contributed by atoms with Crippen LogP contribution in [0.2, 0.25) is 0 Å². The fraction of sp³-hybridized carbons (Fsp3) is 0.300. The number of hydrogen-bond acceptors (Lipinski definition) is 7. The predicted molar refractivity (Wildman–Crippen MR) is 99.0 cm³/mol. The number of phenolic OH excluding ortho intramolecular Hbond substituents is 1. The lowest BCUT2D eigenvalue weighted by molar-refractivity contribution is 0.263. The van der Waals surface area contributed by atoms with E-state index in [1.54, 1.807) is 7.11 Å². The fourth-order valence-electron chi connectivity index (χ4n) is 3.14. The van der Waals surface area contributed by atoms with Gasteiger partial charge in [-0.25, -0.2) is 0 Å². The Morgan fingerprint density at radius 2 is 1.37 bits per heavy atom. The van der Waals surface area contributed by atoms with E-state index >= 15 is 0 Å². The first-order chi connectivity index (χ1) is 13.1. The van der Waals surface area contributed by atoms with Crippen molar-refractivity contribution in [3.05, 3.63) is 41.2 Å². The molecule has 144 valence electrons. The summed E-state index contributed by atoms with van der Waals surface area (Å²) in [6, 6.07) is 7.61. The molecule has 0 amide bonds. The molecule has 7 heteroatoms. The van der Waals surface area contributed by atoms with E-state index in [2.05, 4.69) is 0 Å². The van der Waals surface area contributed by atoms with Gasteiger partial charge in [-0.2, -0.15) is 0 Å². The third-order valence-electron chi connectivity index (χ3n) is 4.38. The van der Waals surface area contributed by atoms with E-state index in [-0.39, 0.29) is 34.3 Å². The van der Waals surface area contributed by atoms with Gasteiger partial charge in [-0.1, -0.05) is 18.2 Å². The Labute approximate surface area is 157 Å². The van der Waals surface area contributed by atoms with Crippen LogP contribution in [0.3, 0.4) is 0 Å². The minimum absolute atomic E-state index is 0.107. The van der Waals surface area contributed by atoms with Gasteiger partial charge in [0.15, 0.2) is 17.3 Å². The van der Waals surface area contributed by atoms with Gasteiger partial charge in [-0.3, -0.25) is 0 Å². The number of ether oxygens (including phenoxy) is 6. The van der Waals surface area contributed by atoms with Crippen molar-refractivity contribution in [3.8, 4) is 34.5 Å². The van der Waals surface area contributed by atoms with Crippen LogP contribution in [0.5, 0.6) is 34.5 Å². The molecular formula is C20H22O7. The van der Waals surface area contributed by atoms with Crippen LogP contribution in [-0.4, -0.2) is 40.7 Å². The van der Waals surface area contributed by atoms with Crippen molar-refractivity contribution in [1.82, 2.24) is 0 Å². The van der Waals surface area contributed by atoms with E-state index in [9.17, 15) is 5.11 Å². The van der Waals surface area contributed by atoms with Crippen LogP contribution in [0.1, 0.15) is 11.1 Å². The SMILES string of the molecule is COC1=C(c2c(O)c(OC)c(OC)c(OC)c2OC)Oc2ccccc2C1. The predicted octanol–water partition coefficient (Wildman–Crippen LogP) is 3.38. The smallest absolute Gasteiger partial charge is 0.211 e. The van der Waals surface area contributed by atoms with Crippen LogP contribution in [0.15, 0.2) is 30.0 Å². The fourth-order valence-corrected chi connectivity index (χ4v) is 3.14. The minimum Gasteiger partial charge on any atom is -0.504 e. The summed E-state index contributed by atoms with van der Waals surface area (Å²) in [5, 5.41) is 10.9. The van der Waals surface area contributed by atoms with Crippen LogP contribution in [0.25, 0.3) is 5.76 Å². The number of para-hydroxylation sites is 1. The molecule has 0 atom stereocenters. The monoisotopic (exact) mass is 374 g/mol. The Hall–Kier alpha value is -3.22. The van der Waals surface area contributed by atoms with Crippen molar-refractivity contribution in [2.45, 2.75) is 6.42 Å². The second-order valence-corrected chi connectivity index (χ2v) is 5.70. The molecule has 0 bridgehead atoms. The van der Waals surface area contributed by atoms with E-state index in [1.807, 2.05) is 24.3 Å². The van der Waals surface area contributed by atoms with Crippen LogP contribution in [0, 0.1) is 0 Å². The molecule has 0 aliphatic carbocycles. The van der Waals surface area contributed by atoms with E-state index in [1.165, 1.54) is 28.4 Å². The first-order valence-electron chi connectivity index (χ1n) is 8.23. The van der Waals surface area contributed by atoms with Crippen molar-refractivity contribution < 1.29 is 33.5 Å². The Morgan fingerprint density at radius 3 is 1.96 bits per heavy atom. The highest BCUT2D eigenvalue weighted by Crippen LogP contribution is 2.56. The maximum Gasteiger partial charge on any atom is 0.211 e. The molecule has 1 aliphatic rings. The van der Waals surface area contributed by atoms with Crippen molar-refractivity contribution >= 4 is 5.76 Å². The number of methoxy groups -OCH3 is 5. The molecule has 1 N–H and O–H groups in total. The standard InChI is InChI=1S/C20H22O7/c1-22-13-10-11-8-6-7-9-12(11)27-16(13)14-15(21)18(24-3)20(26-5)19(25-4)17(14)23-2/h6-9,21H,10H2,1-5H3. The second-order valence-electron chi connectivity index (χ2n) is 5.70. The van der Waals surface area contributed by atoms with Crippen molar-refractivity contribution in [3.63, 3.8) is 0 Å². The van der Waals surface area contributed by atoms with Gasteiger partial charge in [-0.05, 0) is 6.07 Å². The molecule has 1 aliphatic heterocycles. The van der Waals surface area contributed by atoms with Crippen molar-refractivity contribution in [2.24, 2.45) is 0 Å². The number of rotatable bonds is 6. The lowest BCUT2D eigenvalue weighted by Crippen LogP contribution is -2.13. The summed E-state index contributed by atoms with van der Waals surface area (Å²) >= 11 is 0. The molecule has 27 heavy (non-hydrogen) atoms. The summed E-state index contributed by atoms with van der Waals surface area (Å²) in [7, 11) is 7.37. The number of aromatic hydroxyl groups is 1. The number of allylic oxidation sites excluding steroid dienone is 1. The molecule has 0 fully saturated rings. The molecule has 2 aromatic carbocycles. The zero-order valence-corrected chi connectivity index (χ0v) is 15.9. The van der Waals surface area contributed by atoms with E-state index in [0.29, 0.717) is 23.7 Å². The average Bonchev–Trinajstić information content (AvgIpc) is 2.71. The second kappa shape index (κ2) is 7.57. The molecule has 1 heterocycles. The third kappa shape index (κ3) is 2.95. The molecule has 0 saturated carbocycles. The first-order valence-corrected chi connectivity index (χ1v) is 8.23. The van der Waals surface area contributed by atoms with E-state index in [4.69, 9.17) is 28.4 Å². The minimum atomic E-state index is -0.198. The first kappa shape index (κ1) is 18.6. The van der Waals surface area contributed by atoms with E-state index < -0.39 is 0 Å². The van der Waals surface area contributed by atoms with Gasteiger partial charge in [-0.15, -0.1) is 0 Å². The Bertz CT molecular complexity index is 886. The van der Waals surface area contributed by atoms with Gasteiger partial charge >= 0.3 is 0 Å². The highest BCUT2D eigenvalue weighted by Gasteiger charge is 2.34. The molecule has 0 unspecified atom stereocenters. The topological polar surface area (TPSA) is 75.6 Å². The summed E-state index contributed by atoms with van der Waals surface area (Å²) in [6.45, 7) is 0. The maximum atomic E-state index is 10.9. The highest BCUT2D eigenvalue weighted by atomic mass is 16.6. The third-order valence-corrected chi connectivity index (χ3v) is 4.38. The van der Waals surface area contributed by atoms with Crippen LogP contribution >= 0.6 is 0 Å². The maximum absolute atomic E-state index is 10.9. The molecule has 3 rings (SSSR count). The lowest BCUT2D eigenvalue weighted by Gasteiger charge is -2.26. The number of benzene rings is 2. The molecule has 0 saturated heterocycles. The van der Waals surface area contributed by atoms with Crippen molar-refractivity contribution in [2.75, 3.05) is 35.5 Å². The Morgan fingerprint density at radius 1 is 0.778 bits per heavy atom. The van der Waals surface area contributed by atoms with Crippen LogP contribution in [-0.2, 0) is 11.2 Å². The Kier molecular flexibility index (Phi) is 5.21. The summed E-state index contributed by atoms with van der Waals surface area (Å²) < 4.78 is 33.3. The van der Waals surface area contributed by atoms with Crippen LogP contribution < -0.4 is 23.7 Å². The number of phenols is 1. The zero-order chi connectivity index (χ0) is 19.6. The summed E-state index contributed by atoms with van der Waals surface area (Å²) in [4.78, 5) is 0. The normalized spacial score (nSPS) is 12.8. The van der Waals surface area contributed by atoms with Gasteiger partial charge in [0.05, 0.1) is 35.5 Å². The zero-order valence-electron chi connectivity index (χ0n) is 15.9. The molecular weight excluding hydrogens is 352 g/mol. The van der Waals surface area contributed by atoms with Gasteiger partial charge < -0.3 is 33.5 Å². The summed E-state index contributed by atoms with van der Waals surface area (Å²) in [5.41, 5.74) is 1.24. The average molecular weight is 374 g/mol. The molecule has 7 nitrogen and oxygen atoms in total. The van der Waals surface area contributed by atoms with Crippen molar-refractivity contribution in [1.29, 1.82) is 0 Å². The quantitative estimate of drug-likeness (QED) is 0.831. The van der Waals surface area contributed by atoms with E-state index in [0.717, 1.165) is 5.56 Å². The van der Waals surface area contributed by atoms with Gasteiger partial charge in [0.2, 0.25) is 17.2 Å². The summed E-state index contributed by atoms with van der Waals surface area (Å²) in [6.07, 6.45) is 0.501. The van der Waals surface area contributed by atoms with Gasteiger partial charge in [0, 0.05) is 12.0 Å². The van der Waals surface area contributed by atoms with Crippen LogP contribution in [0.4, 0.5) is 0 Å².